The molecule has 0 saturated carbocycles. The van der Waals surface area contributed by atoms with Crippen molar-refractivity contribution >= 4 is 0 Å². The third-order valence-electron chi connectivity index (χ3n) is 2.81. The normalized spacial score (nSPS) is 10.6. The first-order valence-electron chi connectivity index (χ1n) is 5.48. The number of aliphatic hydroxyl groups excluding tert-OH is 1. The van der Waals surface area contributed by atoms with Gasteiger partial charge in [-0.25, -0.2) is 0 Å². The minimum atomic E-state index is 0.0620. The Morgan fingerprint density at radius 1 is 1.19 bits per heavy atom. The summed E-state index contributed by atoms with van der Waals surface area (Å²) in [4.78, 5) is 0. The second-order valence-corrected chi connectivity index (χ2v) is 3.92. The Kier molecular flexibility index (Phi) is 3.37. The van der Waals surface area contributed by atoms with Gasteiger partial charge in [-0.1, -0.05) is 30.3 Å². The number of aromatic nitrogens is 2. The van der Waals surface area contributed by atoms with E-state index in [9.17, 15) is 5.11 Å². The van der Waals surface area contributed by atoms with E-state index in [1.54, 1.807) is 0 Å². The molecular weight excluding hydrogens is 200 g/mol. The van der Waals surface area contributed by atoms with Crippen LogP contribution < -0.4 is 0 Å². The topological polar surface area (TPSA) is 48.9 Å². The Labute approximate surface area is 95.1 Å². The lowest BCUT2D eigenvalue weighted by Gasteiger charge is -2.01. The Bertz CT molecular complexity index is 448. The quantitative estimate of drug-likeness (QED) is 0.821. The van der Waals surface area contributed by atoms with Gasteiger partial charge in [0.15, 0.2) is 0 Å². The summed E-state index contributed by atoms with van der Waals surface area (Å²) in [5.41, 5.74) is 4.18. The number of nitrogens with zero attached hydrogens (tertiary/aromatic N) is 1. The van der Waals surface area contributed by atoms with Crippen molar-refractivity contribution in [3.63, 3.8) is 0 Å². The summed E-state index contributed by atoms with van der Waals surface area (Å²) < 4.78 is 0. The number of H-pyrrole nitrogens is 1. The van der Waals surface area contributed by atoms with Gasteiger partial charge in [0.05, 0.1) is 12.3 Å². The van der Waals surface area contributed by atoms with Gasteiger partial charge in [0.1, 0.15) is 0 Å². The van der Waals surface area contributed by atoms with Gasteiger partial charge in [0.2, 0.25) is 0 Å². The van der Waals surface area contributed by atoms with Crippen LogP contribution in [0.5, 0.6) is 0 Å². The monoisotopic (exact) mass is 216 g/mol. The van der Waals surface area contributed by atoms with Crippen LogP contribution in [0.4, 0.5) is 0 Å². The summed E-state index contributed by atoms with van der Waals surface area (Å²) in [6.45, 7) is 2.00. The van der Waals surface area contributed by atoms with E-state index < -0.39 is 0 Å². The van der Waals surface area contributed by atoms with Crippen LogP contribution in [-0.4, -0.2) is 15.3 Å². The van der Waals surface area contributed by atoms with Crippen LogP contribution in [0, 0.1) is 6.92 Å². The minimum Gasteiger partial charge on any atom is -0.392 e. The number of nitrogens with one attached hydrogen (secondary N) is 1. The smallest absolute Gasteiger partial charge is 0.0718 e. The number of hydrogen-bond acceptors (Lipinski definition) is 2. The average Bonchev–Trinajstić information content (AvgIpc) is 2.68. The van der Waals surface area contributed by atoms with E-state index in [2.05, 4.69) is 22.3 Å². The predicted molar refractivity (Wildman–Crippen MR) is 63.1 cm³/mol. The highest BCUT2D eigenvalue weighted by atomic mass is 16.3. The lowest BCUT2D eigenvalue weighted by molar-refractivity contribution is 0.280. The molecule has 0 radical (unpaired) electrons. The van der Waals surface area contributed by atoms with Gasteiger partial charge in [0, 0.05) is 11.3 Å². The van der Waals surface area contributed by atoms with E-state index in [-0.39, 0.29) is 6.61 Å². The van der Waals surface area contributed by atoms with Crippen molar-refractivity contribution < 1.29 is 5.11 Å². The maximum Gasteiger partial charge on any atom is 0.0718 e. The largest absolute Gasteiger partial charge is 0.392 e. The molecule has 0 saturated heterocycles. The number of aromatic amines is 1. The number of rotatable bonds is 4. The molecule has 3 heteroatoms. The van der Waals surface area contributed by atoms with Gasteiger partial charge in [0.25, 0.3) is 0 Å². The van der Waals surface area contributed by atoms with Crippen LogP contribution in [0.3, 0.4) is 0 Å². The summed E-state index contributed by atoms with van der Waals surface area (Å²) in [6.07, 6.45) is 1.82. The van der Waals surface area contributed by atoms with E-state index in [0.29, 0.717) is 0 Å². The molecule has 1 heterocycles. The molecule has 0 aliphatic rings. The maximum atomic E-state index is 9.23. The molecule has 0 aliphatic carbocycles. The molecule has 0 bridgehead atoms. The van der Waals surface area contributed by atoms with Crippen LogP contribution >= 0.6 is 0 Å². The number of benzene rings is 1. The average molecular weight is 216 g/mol. The number of hydrogen-bond donors (Lipinski definition) is 2. The first-order valence-corrected chi connectivity index (χ1v) is 5.48. The highest BCUT2D eigenvalue weighted by Gasteiger charge is 2.08. The third-order valence-corrected chi connectivity index (χ3v) is 2.81. The van der Waals surface area contributed by atoms with Crippen LogP contribution in [0.15, 0.2) is 30.3 Å². The molecule has 84 valence electrons. The molecule has 1 aromatic carbocycles. The molecule has 2 N–H and O–H groups in total. The Balaban J connectivity index is 2.05. The fourth-order valence-corrected chi connectivity index (χ4v) is 1.83. The zero-order valence-corrected chi connectivity index (χ0v) is 9.40. The van der Waals surface area contributed by atoms with E-state index in [0.717, 1.165) is 29.8 Å². The number of aliphatic hydroxyl groups is 1. The van der Waals surface area contributed by atoms with Crippen LogP contribution in [-0.2, 0) is 19.4 Å². The second-order valence-electron chi connectivity index (χ2n) is 3.92. The van der Waals surface area contributed by atoms with Crippen LogP contribution in [0.1, 0.15) is 22.5 Å². The van der Waals surface area contributed by atoms with Crippen molar-refractivity contribution in [2.24, 2.45) is 0 Å². The Hall–Kier alpha value is -1.61. The molecule has 2 aromatic rings. The molecule has 0 amide bonds. The van der Waals surface area contributed by atoms with Gasteiger partial charge in [-0.2, -0.15) is 5.10 Å². The summed E-state index contributed by atoms with van der Waals surface area (Å²) in [7, 11) is 0. The molecule has 1 aromatic heterocycles. The van der Waals surface area contributed by atoms with E-state index >= 15 is 0 Å². The van der Waals surface area contributed by atoms with Crippen LogP contribution in [0.25, 0.3) is 0 Å². The van der Waals surface area contributed by atoms with Crippen molar-refractivity contribution in [3.05, 3.63) is 52.8 Å². The fourth-order valence-electron chi connectivity index (χ4n) is 1.83. The van der Waals surface area contributed by atoms with Crippen molar-refractivity contribution in [2.45, 2.75) is 26.4 Å². The van der Waals surface area contributed by atoms with Crippen molar-refractivity contribution in [2.75, 3.05) is 0 Å². The molecule has 0 aliphatic heterocycles. The van der Waals surface area contributed by atoms with Gasteiger partial charge >= 0.3 is 0 Å². The zero-order chi connectivity index (χ0) is 11.4. The molecule has 0 unspecified atom stereocenters. The van der Waals surface area contributed by atoms with Gasteiger partial charge < -0.3 is 5.11 Å². The van der Waals surface area contributed by atoms with Crippen molar-refractivity contribution in [1.29, 1.82) is 0 Å². The zero-order valence-electron chi connectivity index (χ0n) is 9.40. The van der Waals surface area contributed by atoms with E-state index in [1.165, 1.54) is 5.56 Å². The van der Waals surface area contributed by atoms with Crippen molar-refractivity contribution in [1.82, 2.24) is 10.2 Å². The molecule has 2 rings (SSSR count). The van der Waals surface area contributed by atoms with Gasteiger partial charge in [-0.3, -0.25) is 5.10 Å². The molecule has 0 fully saturated rings. The molecule has 16 heavy (non-hydrogen) atoms. The maximum absolute atomic E-state index is 9.23. The lowest BCUT2D eigenvalue weighted by Crippen LogP contribution is -1.96. The summed E-state index contributed by atoms with van der Waals surface area (Å²) in [5.74, 6) is 0. The second kappa shape index (κ2) is 4.94. The highest BCUT2D eigenvalue weighted by molar-refractivity contribution is 5.25. The van der Waals surface area contributed by atoms with Gasteiger partial charge in [-0.05, 0) is 25.3 Å². The van der Waals surface area contributed by atoms with Gasteiger partial charge in [-0.15, -0.1) is 0 Å². The molecule has 0 spiro atoms. The Morgan fingerprint density at radius 2 is 1.94 bits per heavy atom. The van der Waals surface area contributed by atoms with E-state index in [4.69, 9.17) is 0 Å². The summed E-state index contributed by atoms with van der Waals surface area (Å²) in [5, 5.41) is 16.4. The predicted octanol–water partition coefficient (Wildman–Crippen LogP) is 2.00. The molecular formula is C13H16N2O. The summed E-state index contributed by atoms with van der Waals surface area (Å²) >= 11 is 0. The molecule has 3 nitrogen and oxygen atoms in total. The third kappa shape index (κ3) is 2.31. The Morgan fingerprint density at radius 3 is 2.62 bits per heavy atom. The molecule has 0 atom stereocenters. The van der Waals surface area contributed by atoms with Crippen molar-refractivity contribution in [3.8, 4) is 0 Å². The minimum absolute atomic E-state index is 0.0620. The highest BCUT2D eigenvalue weighted by Crippen LogP contribution is 2.13. The lowest BCUT2D eigenvalue weighted by atomic mass is 10.1. The number of aryl methyl sites for hydroxylation is 3. The fraction of sp³-hybridized carbons (Fsp3) is 0.308. The standard InChI is InChI=1S/C13H16N2O/c1-10-12(9-16)13(15-14-10)8-7-11-5-3-2-4-6-11/h2-6,16H,7-9H2,1H3,(H,14,15). The SMILES string of the molecule is Cc1[nH]nc(CCc2ccccc2)c1CO. The first-order chi connectivity index (χ1) is 7.81. The summed E-state index contributed by atoms with van der Waals surface area (Å²) in [6, 6.07) is 10.3. The van der Waals surface area contributed by atoms with Crippen LogP contribution in [0.2, 0.25) is 0 Å². The first kappa shape index (κ1) is 10.9. The van der Waals surface area contributed by atoms with E-state index in [1.807, 2.05) is 25.1 Å².